The highest BCUT2D eigenvalue weighted by Gasteiger charge is 2.42. The maximum atomic E-state index is 11.5. The molecule has 5 nitrogen and oxygen atoms in total. The molecule has 1 aliphatic heterocycles. The van der Waals surface area contributed by atoms with Crippen LogP contribution in [0.3, 0.4) is 0 Å². The van der Waals surface area contributed by atoms with Crippen LogP contribution in [0.5, 0.6) is 0 Å². The fourth-order valence-corrected chi connectivity index (χ4v) is 4.04. The molecular formula is C20H23N4O+. The summed E-state index contributed by atoms with van der Waals surface area (Å²) < 4.78 is 0.540. The van der Waals surface area contributed by atoms with Crippen LogP contribution in [0.25, 0.3) is 11.1 Å². The summed E-state index contributed by atoms with van der Waals surface area (Å²) in [5.74, 6) is -0.407. The number of quaternary nitrogens is 1. The SMILES string of the molecule is C[N+]1(C2CCCCC2)N=Nc2ccc(-c3cccc(C(N)=O)c3)cc21. The summed E-state index contributed by atoms with van der Waals surface area (Å²) in [6.45, 7) is 0. The van der Waals surface area contributed by atoms with E-state index in [1.165, 1.54) is 32.1 Å². The molecule has 0 radical (unpaired) electrons. The number of rotatable bonds is 3. The minimum absolute atomic E-state index is 0.407. The fraction of sp³-hybridized carbons (Fsp3) is 0.350. The van der Waals surface area contributed by atoms with E-state index in [0.29, 0.717) is 16.2 Å². The van der Waals surface area contributed by atoms with Gasteiger partial charge in [0.15, 0.2) is 11.4 Å². The Morgan fingerprint density at radius 2 is 1.84 bits per heavy atom. The summed E-state index contributed by atoms with van der Waals surface area (Å²) in [5.41, 5.74) is 10.1. The first-order valence-corrected chi connectivity index (χ1v) is 8.92. The Balaban J connectivity index is 1.74. The van der Waals surface area contributed by atoms with Gasteiger partial charge < -0.3 is 5.73 Å². The predicted molar refractivity (Wildman–Crippen MR) is 99.5 cm³/mol. The number of carbonyl (C=O) groups excluding carboxylic acids is 1. The number of hydrogen-bond acceptors (Lipinski definition) is 3. The van der Waals surface area contributed by atoms with Crippen molar-refractivity contribution in [3.63, 3.8) is 0 Å². The highest BCUT2D eigenvalue weighted by molar-refractivity contribution is 5.94. The first-order valence-electron chi connectivity index (χ1n) is 8.92. The van der Waals surface area contributed by atoms with Gasteiger partial charge in [-0.15, -0.1) is 4.59 Å². The van der Waals surface area contributed by atoms with Crippen molar-refractivity contribution in [3.8, 4) is 11.1 Å². The van der Waals surface area contributed by atoms with Gasteiger partial charge in [-0.05, 0) is 42.2 Å². The van der Waals surface area contributed by atoms with Gasteiger partial charge in [0.25, 0.3) is 0 Å². The monoisotopic (exact) mass is 335 g/mol. The number of primary amides is 1. The van der Waals surface area contributed by atoms with Crippen LogP contribution in [-0.4, -0.2) is 19.0 Å². The molecule has 0 saturated heterocycles. The normalized spacial score (nSPS) is 22.8. The highest BCUT2D eigenvalue weighted by Crippen LogP contribution is 2.46. The van der Waals surface area contributed by atoms with E-state index >= 15 is 0 Å². The predicted octanol–water partition coefficient (Wildman–Crippen LogP) is 4.73. The van der Waals surface area contributed by atoms with E-state index in [-0.39, 0.29) is 0 Å². The zero-order valence-corrected chi connectivity index (χ0v) is 14.5. The number of hydrogen-bond donors (Lipinski definition) is 1. The molecule has 1 heterocycles. The van der Waals surface area contributed by atoms with Gasteiger partial charge in [0.05, 0.1) is 0 Å². The third-order valence-electron chi connectivity index (χ3n) is 5.57. The molecule has 0 spiro atoms. The number of carbonyl (C=O) groups is 1. The van der Waals surface area contributed by atoms with Crippen LogP contribution >= 0.6 is 0 Å². The van der Waals surface area contributed by atoms with E-state index in [2.05, 4.69) is 23.5 Å². The summed E-state index contributed by atoms with van der Waals surface area (Å²) in [4.78, 5) is 11.5. The van der Waals surface area contributed by atoms with Gasteiger partial charge >= 0.3 is 0 Å². The maximum Gasteiger partial charge on any atom is 0.248 e. The van der Waals surface area contributed by atoms with Crippen LogP contribution in [0.1, 0.15) is 42.5 Å². The van der Waals surface area contributed by atoms with E-state index < -0.39 is 5.91 Å². The van der Waals surface area contributed by atoms with Crippen molar-refractivity contribution in [2.24, 2.45) is 16.1 Å². The molecule has 2 N–H and O–H groups in total. The molecule has 1 unspecified atom stereocenters. The average Bonchev–Trinajstić information content (AvgIpc) is 3.00. The van der Waals surface area contributed by atoms with Crippen molar-refractivity contribution in [3.05, 3.63) is 48.0 Å². The van der Waals surface area contributed by atoms with Crippen LogP contribution in [0, 0.1) is 0 Å². The Morgan fingerprint density at radius 3 is 2.60 bits per heavy atom. The molecule has 4 rings (SSSR count). The highest BCUT2D eigenvalue weighted by atomic mass is 16.1. The Labute approximate surface area is 147 Å². The lowest BCUT2D eigenvalue weighted by atomic mass is 9.93. The first-order chi connectivity index (χ1) is 12.1. The summed E-state index contributed by atoms with van der Waals surface area (Å²) in [5, 5.41) is 9.06. The van der Waals surface area contributed by atoms with Gasteiger partial charge in [0.1, 0.15) is 13.1 Å². The van der Waals surface area contributed by atoms with Crippen LogP contribution < -0.4 is 10.3 Å². The molecule has 2 aromatic rings. The van der Waals surface area contributed by atoms with Crippen molar-refractivity contribution in [1.29, 1.82) is 0 Å². The molecule has 1 fully saturated rings. The second-order valence-electron chi connectivity index (χ2n) is 7.16. The van der Waals surface area contributed by atoms with E-state index in [4.69, 9.17) is 5.73 Å². The topological polar surface area (TPSA) is 67.8 Å². The van der Waals surface area contributed by atoms with Gasteiger partial charge in [0.2, 0.25) is 5.91 Å². The van der Waals surface area contributed by atoms with Crippen LogP contribution in [0.4, 0.5) is 11.4 Å². The summed E-state index contributed by atoms with van der Waals surface area (Å²) in [7, 11) is 2.16. The Hall–Kier alpha value is -2.53. The van der Waals surface area contributed by atoms with Crippen LogP contribution in [-0.2, 0) is 0 Å². The van der Waals surface area contributed by atoms with E-state index in [9.17, 15) is 4.79 Å². The minimum atomic E-state index is -0.407. The number of benzene rings is 2. The standard InChI is InChI=1S/C20H22N4O/c1-24(17-8-3-2-4-9-17)19-13-15(10-11-18(19)22-23-24)14-6-5-7-16(12-14)20(21)25/h5-7,10-13,17H,2-4,8-9H2,1H3,(H-,21,25)/p+1. The van der Waals surface area contributed by atoms with Gasteiger partial charge in [0, 0.05) is 29.7 Å². The fourth-order valence-electron chi connectivity index (χ4n) is 4.04. The number of nitrogens with two attached hydrogens (primary N) is 1. The molecule has 5 heteroatoms. The lowest BCUT2D eigenvalue weighted by Crippen LogP contribution is -2.48. The summed E-state index contributed by atoms with van der Waals surface area (Å²) >= 11 is 0. The molecule has 2 aliphatic rings. The third-order valence-corrected chi connectivity index (χ3v) is 5.57. The summed E-state index contributed by atoms with van der Waals surface area (Å²) in [6.07, 6.45) is 6.24. The Morgan fingerprint density at radius 1 is 1.08 bits per heavy atom. The lowest BCUT2D eigenvalue weighted by Gasteiger charge is -2.34. The Kier molecular flexibility index (Phi) is 3.88. The first kappa shape index (κ1) is 16.0. The molecule has 0 bridgehead atoms. The van der Waals surface area contributed by atoms with Gasteiger partial charge in [-0.3, -0.25) is 4.79 Å². The molecular weight excluding hydrogens is 312 g/mol. The second kappa shape index (κ2) is 6.08. The molecule has 1 saturated carbocycles. The van der Waals surface area contributed by atoms with Crippen molar-refractivity contribution < 1.29 is 4.79 Å². The summed E-state index contributed by atoms with van der Waals surface area (Å²) in [6, 6.07) is 14.2. The average molecular weight is 335 g/mol. The van der Waals surface area contributed by atoms with Gasteiger partial charge in [-0.25, -0.2) is 0 Å². The largest absolute Gasteiger partial charge is 0.366 e. The molecule has 25 heavy (non-hydrogen) atoms. The van der Waals surface area contributed by atoms with E-state index in [1.54, 1.807) is 6.07 Å². The van der Waals surface area contributed by atoms with Crippen LogP contribution in [0.15, 0.2) is 52.8 Å². The van der Waals surface area contributed by atoms with Crippen molar-refractivity contribution >= 4 is 17.3 Å². The number of fused-ring (bicyclic) bond motifs is 1. The Bertz CT molecular complexity index is 855. The number of nitrogens with zero attached hydrogens (tertiary/aromatic N) is 3. The van der Waals surface area contributed by atoms with E-state index in [1.807, 2.05) is 30.3 Å². The molecule has 1 aliphatic carbocycles. The van der Waals surface area contributed by atoms with Crippen LogP contribution in [0.2, 0.25) is 0 Å². The smallest absolute Gasteiger partial charge is 0.248 e. The zero-order chi connectivity index (χ0) is 17.4. The molecule has 1 amide bonds. The number of amides is 1. The molecule has 1 atom stereocenters. The zero-order valence-electron chi connectivity index (χ0n) is 14.5. The van der Waals surface area contributed by atoms with Gasteiger partial charge in [-0.2, -0.15) is 0 Å². The third kappa shape index (κ3) is 2.74. The van der Waals surface area contributed by atoms with Crippen molar-refractivity contribution in [1.82, 2.24) is 4.59 Å². The van der Waals surface area contributed by atoms with Gasteiger partial charge in [-0.1, -0.05) is 29.7 Å². The van der Waals surface area contributed by atoms with Crippen molar-refractivity contribution in [2.45, 2.75) is 38.1 Å². The maximum absolute atomic E-state index is 11.5. The van der Waals surface area contributed by atoms with Crippen molar-refractivity contribution in [2.75, 3.05) is 7.05 Å². The molecule has 128 valence electrons. The molecule has 2 aromatic carbocycles. The lowest BCUT2D eigenvalue weighted by molar-refractivity contribution is 0.100. The second-order valence-corrected chi connectivity index (χ2v) is 7.16. The molecule has 0 aromatic heterocycles. The quantitative estimate of drug-likeness (QED) is 0.809. The van der Waals surface area contributed by atoms with E-state index in [0.717, 1.165) is 22.5 Å². The minimum Gasteiger partial charge on any atom is -0.366 e.